The Bertz CT molecular complexity index is 657. The number of nitrogens with two attached hydrogens (primary N) is 1. The minimum Gasteiger partial charge on any atom is -0.324 e. The number of nitrogens with one attached hydrogen (secondary N) is 2. The third kappa shape index (κ3) is 2.91. The van der Waals surface area contributed by atoms with E-state index in [1.54, 1.807) is 23.5 Å². The van der Waals surface area contributed by atoms with Gasteiger partial charge < -0.3 is 5.43 Å². The lowest BCUT2D eigenvalue weighted by atomic mass is 10.0. The highest BCUT2D eigenvalue weighted by molar-refractivity contribution is 7.15. The molecule has 21 heavy (non-hydrogen) atoms. The van der Waals surface area contributed by atoms with Gasteiger partial charge in [0.15, 0.2) is 5.13 Å². The number of hydrogen-bond acceptors (Lipinski definition) is 5. The Morgan fingerprint density at radius 1 is 1.33 bits per heavy atom. The summed E-state index contributed by atoms with van der Waals surface area (Å²) in [5.74, 6) is 5.27. The molecule has 0 saturated carbocycles. The summed E-state index contributed by atoms with van der Waals surface area (Å²) in [5.41, 5.74) is 6.12. The number of carbonyl (C=O) groups is 1. The molecule has 1 amide bonds. The van der Waals surface area contributed by atoms with E-state index >= 15 is 0 Å². The average Bonchev–Trinajstić information content (AvgIpc) is 2.89. The van der Waals surface area contributed by atoms with Crippen molar-refractivity contribution in [1.82, 2.24) is 4.98 Å². The Labute approximate surface area is 127 Å². The molecule has 0 radical (unpaired) electrons. The first-order chi connectivity index (χ1) is 10.2. The molecule has 0 aliphatic heterocycles. The molecule has 0 saturated heterocycles. The number of nitrogens with zero attached hydrogens (tertiary/aromatic N) is 1. The van der Waals surface area contributed by atoms with Crippen LogP contribution >= 0.6 is 11.3 Å². The van der Waals surface area contributed by atoms with Crippen LogP contribution in [0.2, 0.25) is 0 Å². The number of aryl methyl sites for hydroxylation is 3. The summed E-state index contributed by atoms with van der Waals surface area (Å²) in [7, 11) is 0. The molecule has 0 atom stereocenters. The van der Waals surface area contributed by atoms with Crippen molar-refractivity contribution in [2.45, 2.75) is 32.6 Å². The van der Waals surface area contributed by atoms with Crippen LogP contribution in [0.4, 0.5) is 10.8 Å². The van der Waals surface area contributed by atoms with Gasteiger partial charge in [0.2, 0.25) is 0 Å². The summed E-state index contributed by atoms with van der Waals surface area (Å²) in [6, 6.07) is 5.38. The van der Waals surface area contributed by atoms with Gasteiger partial charge in [0.25, 0.3) is 5.91 Å². The van der Waals surface area contributed by atoms with Gasteiger partial charge in [0.1, 0.15) is 0 Å². The zero-order valence-corrected chi connectivity index (χ0v) is 12.7. The van der Waals surface area contributed by atoms with Gasteiger partial charge in [-0.25, -0.2) is 4.98 Å². The van der Waals surface area contributed by atoms with Gasteiger partial charge in [-0.2, -0.15) is 0 Å². The first-order valence-electron chi connectivity index (χ1n) is 7.04. The highest BCUT2D eigenvalue weighted by Crippen LogP contribution is 2.29. The zero-order valence-electron chi connectivity index (χ0n) is 11.9. The molecular weight excluding hydrogens is 284 g/mol. The number of anilines is 2. The molecule has 6 heteroatoms. The minimum absolute atomic E-state index is 0.132. The monoisotopic (exact) mass is 302 g/mol. The second-order valence-electron chi connectivity index (χ2n) is 5.22. The highest BCUT2D eigenvalue weighted by Gasteiger charge is 2.17. The number of benzene rings is 1. The molecule has 1 aromatic heterocycles. The normalized spacial score (nSPS) is 13.6. The van der Waals surface area contributed by atoms with Crippen LogP contribution in [-0.2, 0) is 12.8 Å². The van der Waals surface area contributed by atoms with E-state index in [2.05, 4.69) is 15.7 Å². The van der Waals surface area contributed by atoms with E-state index in [0.717, 1.165) is 29.8 Å². The maximum atomic E-state index is 12.3. The number of hydrazine groups is 1. The number of fused-ring (bicyclic) bond motifs is 1. The van der Waals surface area contributed by atoms with Gasteiger partial charge in [0.05, 0.1) is 11.4 Å². The van der Waals surface area contributed by atoms with Crippen LogP contribution in [0.25, 0.3) is 0 Å². The standard InChI is InChI=1S/C15H18N4OS/c1-9-8-10(6-7-11(9)19-16)14(20)18-15-17-12-4-2-3-5-13(12)21-15/h6-8,19H,2-5,16H2,1H3,(H,17,18,20). The summed E-state index contributed by atoms with van der Waals surface area (Å²) in [6.45, 7) is 1.91. The molecular formula is C15H18N4OS. The summed E-state index contributed by atoms with van der Waals surface area (Å²) in [6.07, 6.45) is 4.52. The lowest BCUT2D eigenvalue weighted by Crippen LogP contribution is -2.13. The van der Waals surface area contributed by atoms with Gasteiger partial charge in [-0.3, -0.25) is 16.0 Å². The van der Waals surface area contributed by atoms with Crippen LogP contribution in [0.1, 0.15) is 39.3 Å². The summed E-state index contributed by atoms with van der Waals surface area (Å²) >= 11 is 1.59. The van der Waals surface area contributed by atoms with Crippen molar-refractivity contribution in [3.63, 3.8) is 0 Å². The first kappa shape index (κ1) is 14.0. The van der Waals surface area contributed by atoms with Crippen LogP contribution in [0, 0.1) is 6.92 Å². The minimum atomic E-state index is -0.132. The predicted octanol–water partition coefficient (Wildman–Crippen LogP) is 2.87. The quantitative estimate of drug-likeness (QED) is 0.601. The molecule has 1 aliphatic rings. The smallest absolute Gasteiger partial charge is 0.257 e. The van der Waals surface area contributed by atoms with E-state index < -0.39 is 0 Å². The Morgan fingerprint density at radius 2 is 2.14 bits per heavy atom. The number of rotatable bonds is 3. The number of aromatic nitrogens is 1. The van der Waals surface area contributed by atoms with Crippen LogP contribution in [0.5, 0.6) is 0 Å². The van der Waals surface area contributed by atoms with Crippen molar-refractivity contribution < 1.29 is 4.79 Å². The van der Waals surface area contributed by atoms with Crippen LogP contribution < -0.4 is 16.6 Å². The Kier molecular flexibility index (Phi) is 3.90. The largest absolute Gasteiger partial charge is 0.324 e. The highest BCUT2D eigenvalue weighted by atomic mass is 32.1. The van der Waals surface area contributed by atoms with Crippen LogP contribution in [0.15, 0.2) is 18.2 Å². The molecule has 0 fully saturated rings. The van der Waals surface area contributed by atoms with E-state index in [9.17, 15) is 4.79 Å². The fourth-order valence-corrected chi connectivity index (χ4v) is 3.59. The number of carbonyl (C=O) groups excluding carboxylic acids is 1. The van der Waals surface area contributed by atoms with Crippen molar-refractivity contribution >= 4 is 28.1 Å². The van der Waals surface area contributed by atoms with Crippen molar-refractivity contribution in [2.75, 3.05) is 10.7 Å². The lowest BCUT2D eigenvalue weighted by Gasteiger charge is -2.07. The lowest BCUT2D eigenvalue weighted by molar-refractivity contribution is 0.102. The number of thiazole rings is 1. The number of hydrogen-bond donors (Lipinski definition) is 3. The second kappa shape index (κ2) is 5.83. The maximum Gasteiger partial charge on any atom is 0.257 e. The van der Waals surface area contributed by atoms with Gasteiger partial charge in [0, 0.05) is 10.4 Å². The van der Waals surface area contributed by atoms with Gasteiger partial charge >= 0.3 is 0 Å². The van der Waals surface area contributed by atoms with Gasteiger partial charge in [-0.15, -0.1) is 11.3 Å². The third-order valence-corrected chi connectivity index (χ3v) is 4.78. The molecule has 0 spiro atoms. The Hall–Kier alpha value is -1.92. The first-order valence-corrected chi connectivity index (χ1v) is 7.86. The fraction of sp³-hybridized carbons (Fsp3) is 0.333. The molecule has 4 N–H and O–H groups in total. The summed E-state index contributed by atoms with van der Waals surface area (Å²) in [5, 5.41) is 3.60. The zero-order chi connectivity index (χ0) is 14.8. The second-order valence-corrected chi connectivity index (χ2v) is 6.31. The molecule has 2 aromatic rings. The fourth-order valence-electron chi connectivity index (χ4n) is 2.54. The van der Waals surface area contributed by atoms with E-state index in [1.807, 2.05) is 13.0 Å². The van der Waals surface area contributed by atoms with E-state index in [4.69, 9.17) is 5.84 Å². The van der Waals surface area contributed by atoms with Crippen molar-refractivity contribution in [1.29, 1.82) is 0 Å². The molecule has 110 valence electrons. The molecule has 1 heterocycles. The maximum absolute atomic E-state index is 12.3. The van der Waals surface area contributed by atoms with Crippen LogP contribution in [0.3, 0.4) is 0 Å². The van der Waals surface area contributed by atoms with E-state index in [-0.39, 0.29) is 5.91 Å². The Morgan fingerprint density at radius 3 is 2.86 bits per heavy atom. The summed E-state index contributed by atoms with van der Waals surface area (Å²) in [4.78, 5) is 18.1. The number of amides is 1. The molecule has 1 aliphatic carbocycles. The molecule has 0 bridgehead atoms. The Balaban J connectivity index is 1.76. The number of nitrogen functional groups attached to an aromatic ring is 1. The third-order valence-electron chi connectivity index (χ3n) is 3.71. The molecule has 0 unspecified atom stereocenters. The van der Waals surface area contributed by atoms with Crippen molar-refractivity contribution in [3.05, 3.63) is 39.9 Å². The van der Waals surface area contributed by atoms with Gasteiger partial charge in [-0.1, -0.05) is 0 Å². The predicted molar refractivity (Wildman–Crippen MR) is 85.7 cm³/mol. The summed E-state index contributed by atoms with van der Waals surface area (Å²) < 4.78 is 0. The van der Waals surface area contributed by atoms with Crippen LogP contribution in [-0.4, -0.2) is 10.9 Å². The van der Waals surface area contributed by atoms with Gasteiger partial charge in [-0.05, 0) is 56.4 Å². The van der Waals surface area contributed by atoms with E-state index in [0.29, 0.717) is 10.7 Å². The van der Waals surface area contributed by atoms with E-state index in [1.165, 1.54) is 17.7 Å². The molecule has 3 rings (SSSR count). The topological polar surface area (TPSA) is 80.0 Å². The SMILES string of the molecule is Cc1cc(C(=O)Nc2nc3c(s2)CCCC3)ccc1NN. The van der Waals surface area contributed by atoms with Crippen molar-refractivity contribution in [2.24, 2.45) is 5.84 Å². The molecule has 1 aromatic carbocycles. The molecule has 5 nitrogen and oxygen atoms in total. The average molecular weight is 302 g/mol. The van der Waals surface area contributed by atoms with Crippen molar-refractivity contribution in [3.8, 4) is 0 Å².